The molecule has 240 valence electrons. The average Bonchev–Trinajstić information content (AvgIpc) is 3.21. The fourth-order valence-electron chi connectivity index (χ4n) is 9.12. The molecule has 8 rings (SSSR count). The third-order valence-corrected chi connectivity index (χ3v) is 10.7. The molecule has 0 saturated heterocycles. The van der Waals surface area contributed by atoms with Crippen LogP contribution in [0.15, 0.2) is 219 Å². The Morgan fingerprint density at radius 3 is 0.694 bits per heavy atom. The Bertz CT molecular complexity index is 1720. The molecule has 0 spiro atoms. The molecule has 4 heterocycles. The minimum atomic E-state index is -1.02. The first-order chi connectivity index (χ1) is 24.2. The number of hydrogen-bond acceptors (Lipinski definition) is 4. The molecule has 4 aromatic carbocycles. The predicted octanol–water partition coefficient (Wildman–Crippen LogP) is 8.25. The highest BCUT2D eigenvalue weighted by molar-refractivity contribution is 5.60. The van der Waals surface area contributed by atoms with E-state index >= 15 is 0 Å². The molecule has 4 nitrogen and oxygen atoms in total. The monoisotopic (exact) mass is 636 g/mol. The molecular weight excluding hydrogens is 597 g/mol. The van der Waals surface area contributed by atoms with Crippen LogP contribution in [0.1, 0.15) is 22.3 Å². The van der Waals surface area contributed by atoms with E-state index in [-0.39, 0.29) is 0 Å². The second kappa shape index (κ2) is 12.2. The maximum atomic E-state index is 4.10. The molecule has 0 radical (unpaired) electrons. The van der Waals surface area contributed by atoms with Crippen LogP contribution in [0.5, 0.6) is 0 Å². The lowest BCUT2D eigenvalue weighted by Crippen LogP contribution is -2.84. The minimum Gasteiger partial charge on any atom is -0.377 e. The van der Waals surface area contributed by atoms with E-state index in [1.165, 1.54) is 0 Å². The van der Waals surface area contributed by atoms with Crippen LogP contribution in [0.3, 0.4) is 0 Å². The third-order valence-electron chi connectivity index (χ3n) is 10.7. The van der Waals surface area contributed by atoms with Gasteiger partial charge in [0, 0.05) is 0 Å². The van der Waals surface area contributed by atoms with Crippen LogP contribution in [0.2, 0.25) is 0 Å². The zero-order chi connectivity index (χ0) is 33.1. The molecule has 4 atom stereocenters. The molecule has 49 heavy (non-hydrogen) atoms. The van der Waals surface area contributed by atoms with Crippen molar-refractivity contribution in [3.8, 4) is 0 Å². The van der Waals surface area contributed by atoms with Gasteiger partial charge >= 0.3 is 0 Å². The molecule has 0 amide bonds. The van der Waals surface area contributed by atoms with E-state index < -0.39 is 27.6 Å². The Kier molecular flexibility index (Phi) is 7.57. The summed E-state index contributed by atoms with van der Waals surface area (Å²) in [6, 6.07) is 43.6. The van der Waals surface area contributed by atoms with Crippen molar-refractivity contribution in [2.75, 3.05) is 0 Å². The van der Waals surface area contributed by atoms with E-state index in [9.17, 15) is 0 Å². The van der Waals surface area contributed by atoms with Gasteiger partial charge in [0.25, 0.3) is 0 Å². The molecule has 4 N–H and O–H groups in total. The standard InChI is InChI=1S/C45H40N4/c1-5-21-37(22-6-1)41(29-13-17-33-46-41)45(42(30-14-18-34-47-42)38-23-7-2-8-24-38,43(31-15-19-35-48-43)39-25-9-3-10-26-39)44(32-16-20-36-49-44)40-27-11-4-12-28-40/h1-36,46-49H. The van der Waals surface area contributed by atoms with Crippen molar-refractivity contribution in [3.05, 3.63) is 241 Å². The second-order valence-electron chi connectivity index (χ2n) is 12.9. The molecule has 4 heteroatoms. The van der Waals surface area contributed by atoms with Gasteiger partial charge in [-0.15, -0.1) is 0 Å². The Hall–Kier alpha value is -6.00. The Labute approximate surface area is 289 Å². The van der Waals surface area contributed by atoms with Crippen molar-refractivity contribution >= 4 is 0 Å². The van der Waals surface area contributed by atoms with Crippen molar-refractivity contribution in [1.29, 1.82) is 0 Å². The summed E-state index contributed by atoms with van der Waals surface area (Å²) in [4.78, 5) is 0. The fraction of sp³-hybridized carbons (Fsp3) is 0.111. The van der Waals surface area contributed by atoms with Gasteiger partial charge in [-0.2, -0.15) is 0 Å². The molecule has 0 fully saturated rings. The molecular formula is C45H40N4. The topological polar surface area (TPSA) is 48.1 Å². The summed E-state index contributed by atoms with van der Waals surface area (Å²) in [5.74, 6) is 0. The van der Waals surface area contributed by atoms with E-state index in [1.54, 1.807) is 0 Å². The van der Waals surface area contributed by atoms with Crippen LogP contribution in [0.4, 0.5) is 0 Å². The van der Waals surface area contributed by atoms with Crippen molar-refractivity contribution in [2.45, 2.75) is 22.2 Å². The smallest absolute Gasteiger partial charge is 0.0953 e. The Morgan fingerprint density at radius 1 is 0.286 bits per heavy atom. The largest absolute Gasteiger partial charge is 0.377 e. The van der Waals surface area contributed by atoms with Crippen LogP contribution in [-0.2, 0) is 22.2 Å². The summed E-state index contributed by atoms with van der Waals surface area (Å²) >= 11 is 0. The lowest BCUT2D eigenvalue weighted by atomic mass is 9.37. The summed E-state index contributed by atoms with van der Waals surface area (Å²) < 4.78 is 0. The lowest BCUT2D eigenvalue weighted by molar-refractivity contribution is -0.104. The first-order valence-electron chi connectivity index (χ1n) is 17.0. The summed E-state index contributed by atoms with van der Waals surface area (Å²) in [5.41, 5.74) is -0.152. The second-order valence-corrected chi connectivity index (χ2v) is 12.9. The number of nitrogens with one attached hydrogen (secondary N) is 4. The fourth-order valence-corrected chi connectivity index (χ4v) is 9.12. The molecule has 4 aliphatic heterocycles. The van der Waals surface area contributed by atoms with Gasteiger partial charge < -0.3 is 21.3 Å². The van der Waals surface area contributed by atoms with Crippen LogP contribution >= 0.6 is 0 Å². The maximum Gasteiger partial charge on any atom is 0.0953 e. The van der Waals surface area contributed by atoms with Crippen LogP contribution in [0, 0.1) is 5.41 Å². The van der Waals surface area contributed by atoms with E-state index in [1.807, 2.05) is 0 Å². The zero-order valence-electron chi connectivity index (χ0n) is 27.3. The van der Waals surface area contributed by atoms with Gasteiger partial charge in [-0.05, 0) is 71.4 Å². The molecule has 0 aromatic heterocycles. The number of rotatable bonds is 8. The SMILES string of the molecule is C1=CNC(c2ccccc2)(C(C2(c3ccccc3)C=CC=CN2)(C2(c3ccccc3)C=CC=CN2)C2(c3ccccc3)C=CC=CN2)C=C1. The van der Waals surface area contributed by atoms with Gasteiger partial charge in [-0.3, -0.25) is 0 Å². The van der Waals surface area contributed by atoms with Crippen molar-refractivity contribution in [1.82, 2.24) is 21.3 Å². The van der Waals surface area contributed by atoms with Gasteiger partial charge in [-0.25, -0.2) is 0 Å². The highest BCUT2D eigenvalue weighted by Gasteiger charge is 2.79. The molecule has 0 saturated carbocycles. The normalized spacial score (nSPS) is 28.9. The average molecular weight is 637 g/mol. The summed E-state index contributed by atoms with van der Waals surface area (Å²) in [7, 11) is 0. The molecule has 4 unspecified atom stereocenters. The lowest BCUT2D eigenvalue weighted by Gasteiger charge is -2.72. The van der Waals surface area contributed by atoms with Gasteiger partial charge in [0.15, 0.2) is 0 Å². The van der Waals surface area contributed by atoms with Crippen molar-refractivity contribution in [2.24, 2.45) is 5.41 Å². The molecule has 4 aliphatic rings. The number of dihydropyridines is 4. The molecule has 0 aliphatic carbocycles. The van der Waals surface area contributed by atoms with Gasteiger partial charge in [0.05, 0.1) is 27.6 Å². The molecule has 0 bridgehead atoms. The number of benzene rings is 4. The first kappa shape index (κ1) is 30.3. The molecule has 4 aromatic rings. The van der Waals surface area contributed by atoms with Gasteiger partial charge in [-0.1, -0.05) is 170 Å². The maximum absolute atomic E-state index is 4.10. The Morgan fingerprint density at radius 2 is 0.510 bits per heavy atom. The van der Waals surface area contributed by atoms with Crippen molar-refractivity contribution < 1.29 is 0 Å². The van der Waals surface area contributed by atoms with Crippen LogP contribution in [0.25, 0.3) is 0 Å². The van der Waals surface area contributed by atoms with Crippen molar-refractivity contribution in [3.63, 3.8) is 0 Å². The number of hydrogen-bond donors (Lipinski definition) is 4. The summed E-state index contributed by atoms with van der Waals surface area (Å²) in [6.07, 6.45) is 35.0. The summed E-state index contributed by atoms with van der Waals surface area (Å²) in [6.45, 7) is 0. The zero-order valence-corrected chi connectivity index (χ0v) is 27.3. The first-order valence-corrected chi connectivity index (χ1v) is 17.0. The van der Waals surface area contributed by atoms with Crippen LogP contribution < -0.4 is 21.3 Å². The van der Waals surface area contributed by atoms with Crippen LogP contribution in [-0.4, -0.2) is 0 Å². The minimum absolute atomic E-state index is 0.905. The third kappa shape index (κ3) is 4.23. The quantitative estimate of drug-likeness (QED) is 0.157. The highest BCUT2D eigenvalue weighted by Crippen LogP contribution is 2.71. The summed E-state index contributed by atoms with van der Waals surface area (Å²) in [5, 5.41) is 16.4. The van der Waals surface area contributed by atoms with Gasteiger partial charge in [0.2, 0.25) is 0 Å². The predicted molar refractivity (Wildman–Crippen MR) is 201 cm³/mol. The van der Waals surface area contributed by atoms with E-state index in [4.69, 9.17) is 0 Å². The Balaban J connectivity index is 1.70. The van der Waals surface area contributed by atoms with Gasteiger partial charge in [0.1, 0.15) is 0 Å². The van der Waals surface area contributed by atoms with E-state index in [2.05, 4.69) is 240 Å². The van der Waals surface area contributed by atoms with E-state index in [0.29, 0.717) is 0 Å². The number of allylic oxidation sites excluding steroid dienone is 8. The highest BCUT2D eigenvalue weighted by atomic mass is 15.2. The van der Waals surface area contributed by atoms with E-state index in [0.717, 1.165) is 22.3 Å².